The van der Waals surface area contributed by atoms with Gasteiger partial charge < -0.3 is 5.11 Å². The van der Waals surface area contributed by atoms with Crippen LogP contribution >= 0.6 is 11.3 Å². The molecule has 0 fully saturated rings. The van der Waals surface area contributed by atoms with Crippen molar-refractivity contribution in [3.8, 4) is 0 Å². The molecule has 7 heteroatoms. The van der Waals surface area contributed by atoms with Gasteiger partial charge in [0, 0.05) is 10.8 Å². The fourth-order valence-corrected chi connectivity index (χ4v) is 4.31. The summed E-state index contributed by atoms with van der Waals surface area (Å²) in [5.74, 6) is -1.15. The lowest BCUT2D eigenvalue weighted by molar-refractivity contribution is 0.0697. The van der Waals surface area contributed by atoms with Crippen molar-refractivity contribution in [1.29, 1.82) is 0 Å². The molecular weight excluding hydrogens is 322 g/mol. The minimum absolute atomic E-state index is 0.0298. The summed E-state index contributed by atoms with van der Waals surface area (Å²) in [5, 5.41) is 11.9. The maximum absolute atomic E-state index is 12.4. The molecule has 112 valence electrons. The van der Waals surface area contributed by atoms with E-state index in [9.17, 15) is 13.2 Å². The van der Waals surface area contributed by atoms with E-state index in [1.165, 1.54) is 5.38 Å². The average molecular weight is 333 g/mol. The van der Waals surface area contributed by atoms with Crippen molar-refractivity contribution < 1.29 is 18.3 Å². The van der Waals surface area contributed by atoms with E-state index in [1.807, 2.05) is 30.3 Å². The average Bonchev–Trinajstić information content (AvgIpc) is 2.98. The summed E-state index contributed by atoms with van der Waals surface area (Å²) < 4.78 is 27.3. The van der Waals surface area contributed by atoms with Crippen molar-refractivity contribution in [2.75, 3.05) is 4.72 Å². The zero-order valence-electron chi connectivity index (χ0n) is 11.2. The summed E-state index contributed by atoms with van der Waals surface area (Å²) in [6.45, 7) is 0. The first-order chi connectivity index (χ1) is 10.5. The molecule has 22 heavy (non-hydrogen) atoms. The molecule has 0 saturated carbocycles. The number of nitrogens with one attached hydrogen (secondary N) is 1. The predicted octanol–water partition coefficient (Wildman–Crippen LogP) is 3.40. The zero-order valence-corrected chi connectivity index (χ0v) is 12.8. The maximum atomic E-state index is 12.4. The van der Waals surface area contributed by atoms with Crippen LogP contribution in [0.25, 0.3) is 10.8 Å². The molecule has 0 amide bonds. The molecule has 5 nitrogen and oxygen atoms in total. The number of aromatic carboxylic acids is 1. The lowest BCUT2D eigenvalue weighted by atomic mass is 10.1. The molecule has 0 aliphatic heterocycles. The van der Waals surface area contributed by atoms with Crippen molar-refractivity contribution in [2.24, 2.45) is 0 Å². The monoisotopic (exact) mass is 333 g/mol. The van der Waals surface area contributed by atoms with Crippen molar-refractivity contribution in [3.63, 3.8) is 0 Å². The highest BCUT2D eigenvalue weighted by atomic mass is 32.2. The van der Waals surface area contributed by atoms with Gasteiger partial charge in [0.25, 0.3) is 10.0 Å². The number of rotatable bonds is 4. The highest BCUT2D eigenvalue weighted by Crippen LogP contribution is 2.27. The van der Waals surface area contributed by atoms with Crippen LogP contribution in [0.15, 0.2) is 58.1 Å². The first-order valence-corrected chi connectivity index (χ1v) is 8.66. The van der Waals surface area contributed by atoms with Crippen LogP contribution in [-0.2, 0) is 10.0 Å². The zero-order chi connectivity index (χ0) is 15.7. The van der Waals surface area contributed by atoms with E-state index in [1.54, 1.807) is 12.1 Å². The third-order valence-electron chi connectivity index (χ3n) is 3.12. The Hall–Kier alpha value is -2.38. The Bertz CT molecular complexity index is 955. The molecule has 2 N–H and O–H groups in total. The molecule has 0 radical (unpaired) electrons. The van der Waals surface area contributed by atoms with Gasteiger partial charge in [0.2, 0.25) is 0 Å². The van der Waals surface area contributed by atoms with Crippen LogP contribution in [-0.4, -0.2) is 19.5 Å². The minimum atomic E-state index is -3.81. The summed E-state index contributed by atoms with van der Waals surface area (Å²) in [7, 11) is -3.81. The Balaban J connectivity index is 2.01. The number of hydrogen-bond acceptors (Lipinski definition) is 4. The van der Waals surface area contributed by atoms with Gasteiger partial charge in [-0.3, -0.25) is 4.72 Å². The Labute approximate surface area is 130 Å². The van der Waals surface area contributed by atoms with Crippen LogP contribution in [0.3, 0.4) is 0 Å². The molecule has 0 bridgehead atoms. The summed E-state index contributed by atoms with van der Waals surface area (Å²) in [6, 6.07) is 13.9. The van der Waals surface area contributed by atoms with Gasteiger partial charge in [-0.1, -0.05) is 36.4 Å². The molecule has 1 heterocycles. The molecule has 0 saturated heterocycles. The Morgan fingerprint density at radius 1 is 1.09 bits per heavy atom. The Morgan fingerprint density at radius 2 is 1.82 bits per heavy atom. The number of fused-ring (bicyclic) bond motifs is 1. The Morgan fingerprint density at radius 3 is 2.55 bits per heavy atom. The molecule has 0 spiro atoms. The van der Waals surface area contributed by atoms with Gasteiger partial charge in [-0.25, -0.2) is 13.2 Å². The highest BCUT2D eigenvalue weighted by Gasteiger charge is 2.19. The molecule has 3 rings (SSSR count). The quantitative estimate of drug-likeness (QED) is 0.766. The van der Waals surface area contributed by atoms with E-state index in [-0.39, 0.29) is 9.77 Å². The summed E-state index contributed by atoms with van der Waals surface area (Å²) in [4.78, 5) is 10.9. The third kappa shape index (κ3) is 2.68. The second kappa shape index (κ2) is 5.43. The van der Waals surface area contributed by atoms with Crippen molar-refractivity contribution in [3.05, 3.63) is 59.5 Å². The van der Waals surface area contributed by atoms with Crippen LogP contribution in [0.2, 0.25) is 0 Å². The van der Waals surface area contributed by atoms with E-state index in [0.29, 0.717) is 5.69 Å². The molecule has 0 unspecified atom stereocenters. The van der Waals surface area contributed by atoms with E-state index >= 15 is 0 Å². The van der Waals surface area contributed by atoms with Crippen LogP contribution in [0.1, 0.15) is 10.4 Å². The summed E-state index contributed by atoms with van der Waals surface area (Å²) in [6.07, 6.45) is 0. The lowest BCUT2D eigenvalue weighted by Crippen LogP contribution is -2.11. The molecule has 0 aliphatic rings. The van der Waals surface area contributed by atoms with Crippen molar-refractivity contribution >= 4 is 43.8 Å². The number of hydrogen-bond donors (Lipinski definition) is 2. The van der Waals surface area contributed by atoms with Gasteiger partial charge in [-0.05, 0) is 17.5 Å². The van der Waals surface area contributed by atoms with Crippen LogP contribution in [0, 0.1) is 0 Å². The normalized spacial score (nSPS) is 11.5. The second-order valence-corrected chi connectivity index (χ2v) is 7.41. The predicted molar refractivity (Wildman–Crippen MR) is 86.0 cm³/mol. The second-order valence-electron chi connectivity index (χ2n) is 4.59. The van der Waals surface area contributed by atoms with Gasteiger partial charge in [0.1, 0.15) is 4.21 Å². The fraction of sp³-hybridized carbons (Fsp3) is 0. The SMILES string of the molecule is O=C(O)c1csc(S(=O)(=O)Nc2cccc3ccccc23)c1. The van der Waals surface area contributed by atoms with E-state index in [4.69, 9.17) is 5.11 Å². The third-order valence-corrected chi connectivity index (χ3v) is 5.93. The molecule has 0 aliphatic carbocycles. The first kappa shape index (κ1) is 14.6. The highest BCUT2D eigenvalue weighted by molar-refractivity contribution is 7.94. The fourth-order valence-electron chi connectivity index (χ4n) is 2.08. The maximum Gasteiger partial charge on any atom is 0.336 e. The van der Waals surface area contributed by atoms with Crippen molar-refractivity contribution in [1.82, 2.24) is 0 Å². The number of benzene rings is 2. The largest absolute Gasteiger partial charge is 0.478 e. The van der Waals surface area contributed by atoms with E-state index in [2.05, 4.69) is 4.72 Å². The van der Waals surface area contributed by atoms with E-state index in [0.717, 1.165) is 28.2 Å². The minimum Gasteiger partial charge on any atom is -0.478 e. The van der Waals surface area contributed by atoms with Crippen LogP contribution in [0.4, 0.5) is 5.69 Å². The number of carboxylic acid groups (broad SMARTS) is 1. The van der Waals surface area contributed by atoms with Gasteiger partial charge in [0.05, 0.1) is 11.3 Å². The molecule has 1 aromatic heterocycles. The summed E-state index contributed by atoms with van der Waals surface area (Å²) in [5.41, 5.74) is 0.423. The molecule has 3 aromatic rings. The molecule has 2 aromatic carbocycles. The number of sulfonamides is 1. The number of anilines is 1. The molecule has 0 atom stereocenters. The number of carbonyl (C=O) groups is 1. The topological polar surface area (TPSA) is 83.5 Å². The summed E-state index contributed by atoms with van der Waals surface area (Å²) >= 11 is 0.878. The first-order valence-electron chi connectivity index (χ1n) is 6.30. The smallest absolute Gasteiger partial charge is 0.336 e. The van der Waals surface area contributed by atoms with Crippen LogP contribution < -0.4 is 4.72 Å². The Kier molecular flexibility index (Phi) is 3.59. The number of thiophene rings is 1. The van der Waals surface area contributed by atoms with E-state index < -0.39 is 16.0 Å². The van der Waals surface area contributed by atoms with Gasteiger partial charge >= 0.3 is 5.97 Å². The number of carboxylic acids is 1. The van der Waals surface area contributed by atoms with Crippen LogP contribution in [0.5, 0.6) is 0 Å². The standard InChI is InChI=1S/C15H11NO4S2/c17-15(18)11-8-14(21-9-11)22(19,20)16-13-7-3-5-10-4-1-2-6-12(10)13/h1-9,16H,(H,17,18). The molecular formula is C15H11NO4S2. The van der Waals surface area contributed by atoms with Crippen molar-refractivity contribution in [2.45, 2.75) is 4.21 Å². The van der Waals surface area contributed by atoms with Gasteiger partial charge in [-0.15, -0.1) is 11.3 Å². The lowest BCUT2D eigenvalue weighted by Gasteiger charge is -2.09. The van der Waals surface area contributed by atoms with Gasteiger partial charge in [0.15, 0.2) is 0 Å². The van der Waals surface area contributed by atoms with Gasteiger partial charge in [-0.2, -0.15) is 0 Å².